The van der Waals surface area contributed by atoms with Crippen molar-refractivity contribution < 1.29 is 18.4 Å². The number of benzene rings is 2. The van der Waals surface area contributed by atoms with Gasteiger partial charge in [-0.3, -0.25) is 9.59 Å². The Balaban J connectivity index is 1.81. The second kappa shape index (κ2) is 7.45. The van der Waals surface area contributed by atoms with Crippen LogP contribution in [0.1, 0.15) is 37.6 Å². The summed E-state index contributed by atoms with van der Waals surface area (Å²) in [6.07, 6.45) is 1.39. The summed E-state index contributed by atoms with van der Waals surface area (Å²) >= 11 is 0. The minimum Gasteiger partial charge on any atom is -0.469 e. The number of rotatable bonds is 4. The number of hydrogen-bond donors (Lipinski definition) is 2. The third kappa shape index (κ3) is 3.89. The number of carbonyl (C=O) groups is 2. The molecule has 138 valence electrons. The molecule has 5 nitrogen and oxygen atoms in total. The molecule has 0 atom stereocenters. The van der Waals surface area contributed by atoms with E-state index < -0.39 is 11.7 Å². The molecule has 0 aliphatic rings. The van der Waals surface area contributed by atoms with Crippen LogP contribution in [0.25, 0.3) is 0 Å². The highest BCUT2D eigenvalue weighted by molar-refractivity contribution is 6.07. The van der Waals surface area contributed by atoms with Crippen LogP contribution in [0, 0.1) is 26.6 Å². The molecule has 1 heterocycles. The van der Waals surface area contributed by atoms with Crippen LogP contribution in [0.15, 0.2) is 53.1 Å². The van der Waals surface area contributed by atoms with Crippen molar-refractivity contribution in [3.8, 4) is 0 Å². The maximum atomic E-state index is 14.1. The Morgan fingerprint density at radius 1 is 0.926 bits per heavy atom. The summed E-state index contributed by atoms with van der Waals surface area (Å²) in [6, 6.07) is 11.0. The number of halogens is 1. The lowest BCUT2D eigenvalue weighted by Gasteiger charge is -2.12. The van der Waals surface area contributed by atoms with E-state index >= 15 is 0 Å². The first-order valence-electron chi connectivity index (χ1n) is 8.39. The molecule has 2 amide bonds. The molecule has 1 aromatic heterocycles. The number of aryl methyl sites for hydroxylation is 2. The SMILES string of the molecule is Cc1cccc(C(=O)Nc2ccc(F)c(NC(=O)c3ccoc3C)c2)c1C. The third-order valence-corrected chi connectivity index (χ3v) is 4.43. The van der Waals surface area contributed by atoms with E-state index in [4.69, 9.17) is 4.42 Å². The van der Waals surface area contributed by atoms with E-state index in [1.807, 2.05) is 19.9 Å². The molecule has 0 aliphatic heterocycles. The number of carbonyl (C=O) groups excluding carboxylic acids is 2. The van der Waals surface area contributed by atoms with Gasteiger partial charge in [-0.25, -0.2) is 4.39 Å². The van der Waals surface area contributed by atoms with Crippen molar-refractivity contribution in [2.75, 3.05) is 10.6 Å². The molecule has 2 aromatic carbocycles. The van der Waals surface area contributed by atoms with Gasteiger partial charge in [0, 0.05) is 11.3 Å². The molecule has 0 spiro atoms. The zero-order valence-electron chi connectivity index (χ0n) is 15.2. The lowest BCUT2D eigenvalue weighted by molar-refractivity contribution is 0.101. The molecule has 0 fully saturated rings. The van der Waals surface area contributed by atoms with E-state index in [0.29, 0.717) is 22.6 Å². The van der Waals surface area contributed by atoms with E-state index in [0.717, 1.165) is 11.1 Å². The molecule has 0 unspecified atom stereocenters. The predicted molar refractivity (Wildman–Crippen MR) is 102 cm³/mol. The first-order chi connectivity index (χ1) is 12.9. The van der Waals surface area contributed by atoms with Gasteiger partial charge in [0.25, 0.3) is 11.8 Å². The first-order valence-corrected chi connectivity index (χ1v) is 8.39. The van der Waals surface area contributed by atoms with Crippen molar-refractivity contribution in [1.82, 2.24) is 0 Å². The number of anilines is 2. The highest BCUT2D eigenvalue weighted by Crippen LogP contribution is 2.22. The number of furan rings is 1. The summed E-state index contributed by atoms with van der Waals surface area (Å²) in [5.74, 6) is -0.953. The van der Waals surface area contributed by atoms with Crippen molar-refractivity contribution in [3.63, 3.8) is 0 Å². The van der Waals surface area contributed by atoms with E-state index in [2.05, 4.69) is 10.6 Å². The van der Waals surface area contributed by atoms with Crippen LogP contribution in [-0.4, -0.2) is 11.8 Å². The van der Waals surface area contributed by atoms with Crippen LogP contribution in [0.4, 0.5) is 15.8 Å². The number of nitrogens with one attached hydrogen (secondary N) is 2. The zero-order valence-corrected chi connectivity index (χ0v) is 15.2. The summed E-state index contributed by atoms with van der Waals surface area (Å²) in [7, 11) is 0. The average molecular weight is 366 g/mol. The quantitative estimate of drug-likeness (QED) is 0.693. The monoisotopic (exact) mass is 366 g/mol. The molecular formula is C21H19FN2O3. The fourth-order valence-corrected chi connectivity index (χ4v) is 2.70. The first kappa shape index (κ1) is 18.4. The summed E-state index contributed by atoms with van der Waals surface area (Å²) in [6.45, 7) is 5.44. The molecule has 3 rings (SSSR count). The largest absolute Gasteiger partial charge is 0.469 e. The fraction of sp³-hybridized carbons (Fsp3) is 0.143. The molecule has 0 aliphatic carbocycles. The summed E-state index contributed by atoms with van der Waals surface area (Å²) in [4.78, 5) is 24.8. The lowest BCUT2D eigenvalue weighted by atomic mass is 10.0. The van der Waals surface area contributed by atoms with Gasteiger partial charge in [0.05, 0.1) is 17.5 Å². The maximum Gasteiger partial charge on any atom is 0.259 e. The predicted octanol–water partition coefficient (Wildman–Crippen LogP) is 4.85. The molecule has 0 saturated heterocycles. The minimum absolute atomic E-state index is 0.0284. The average Bonchev–Trinajstić information content (AvgIpc) is 3.06. The molecular weight excluding hydrogens is 347 g/mol. The second-order valence-corrected chi connectivity index (χ2v) is 6.24. The van der Waals surface area contributed by atoms with E-state index in [1.54, 1.807) is 19.1 Å². The molecule has 0 radical (unpaired) electrons. The van der Waals surface area contributed by atoms with Gasteiger partial charge in [0.15, 0.2) is 0 Å². The van der Waals surface area contributed by atoms with Gasteiger partial charge >= 0.3 is 0 Å². The van der Waals surface area contributed by atoms with E-state index in [-0.39, 0.29) is 11.6 Å². The lowest BCUT2D eigenvalue weighted by Crippen LogP contribution is -2.16. The van der Waals surface area contributed by atoms with Gasteiger partial charge in [-0.05, 0) is 62.2 Å². The van der Waals surface area contributed by atoms with Gasteiger partial charge in [-0.15, -0.1) is 0 Å². The molecule has 2 N–H and O–H groups in total. The van der Waals surface area contributed by atoms with E-state index in [9.17, 15) is 14.0 Å². The number of amides is 2. The fourth-order valence-electron chi connectivity index (χ4n) is 2.70. The standard InChI is InChI=1S/C21H19FN2O3/c1-12-5-4-6-16(13(12)2)20(25)23-15-7-8-18(22)19(11-15)24-21(26)17-9-10-27-14(17)3/h4-11H,1-3H3,(H,23,25)(H,24,26). The van der Waals surface area contributed by atoms with Crippen molar-refractivity contribution in [2.24, 2.45) is 0 Å². The van der Waals surface area contributed by atoms with Crippen LogP contribution in [0.5, 0.6) is 0 Å². The third-order valence-electron chi connectivity index (χ3n) is 4.43. The second-order valence-electron chi connectivity index (χ2n) is 6.24. The topological polar surface area (TPSA) is 71.3 Å². The Morgan fingerprint density at radius 2 is 1.67 bits per heavy atom. The molecule has 6 heteroatoms. The Bertz CT molecular complexity index is 1020. The van der Waals surface area contributed by atoms with Gasteiger partial charge < -0.3 is 15.1 Å². The molecule has 0 saturated carbocycles. The van der Waals surface area contributed by atoms with Crippen molar-refractivity contribution in [3.05, 3.63) is 82.6 Å². The van der Waals surface area contributed by atoms with Crippen molar-refractivity contribution >= 4 is 23.2 Å². The van der Waals surface area contributed by atoms with Gasteiger partial charge in [-0.2, -0.15) is 0 Å². The normalized spacial score (nSPS) is 10.5. The zero-order chi connectivity index (χ0) is 19.6. The Kier molecular flexibility index (Phi) is 5.07. The Hall–Kier alpha value is -3.41. The smallest absolute Gasteiger partial charge is 0.259 e. The molecule has 0 bridgehead atoms. The number of hydrogen-bond acceptors (Lipinski definition) is 3. The van der Waals surface area contributed by atoms with E-state index in [1.165, 1.54) is 30.5 Å². The Morgan fingerprint density at radius 3 is 2.37 bits per heavy atom. The van der Waals surface area contributed by atoms with Crippen molar-refractivity contribution in [2.45, 2.75) is 20.8 Å². The Labute approximate surface area is 156 Å². The molecule has 27 heavy (non-hydrogen) atoms. The summed E-state index contributed by atoms with van der Waals surface area (Å²) < 4.78 is 19.2. The van der Waals surface area contributed by atoms with Crippen LogP contribution in [0.3, 0.4) is 0 Å². The van der Waals surface area contributed by atoms with Crippen molar-refractivity contribution in [1.29, 1.82) is 0 Å². The van der Waals surface area contributed by atoms with Crippen LogP contribution in [0.2, 0.25) is 0 Å². The minimum atomic E-state index is -0.603. The van der Waals surface area contributed by atoms with Gasteiger partial charge in [0.2, 0.25) is 0 Å². The highest BCUT2D eigenvalue weighted by atomic mass is 19.1. The molecule has 3 aromatic rings. The van der Waals surface area contributed by atoms with Crippen LogP contribution < -0.4 is 10.6 Å². The van der Waals surface area contributed by atoms with Gasteiger partial charge in [0.1, 0.15) is 11.6 Å². The highest BCUT2D eigenvalue weighted by Gasteiger charge is 2.15. The summed E-state index contributed by atoms with van der Waals surface area (Å²) in [5, 5.41) is 5.24. The van der Waals surface area contributed by atoms with Crippen LogP contribution in [-0.2, 0) is 0 Å². The van der Waals surface area contributed by atoms with Gasteiger partial charge in [-0.1, -0.05) is 12.1 Å². The maximum absolute atomic E-state index is 14.1. The summed E-state index contributed by atoms with van der Waals surface area (Å²) in [5.41, 5.74) is 3.09. The van der Waals surface area contributed by atoms with Crippen LogP contribution >= 0.6 is 0 Å².